The fourth-order valence-electron chi connectivity index (χ4n) is 2.76. The lowest BCUT2D eigenvalue weighted by atomic mass is 9.98. The summed E-state index contributed by atoms with van der Waals surface area (Å²) in [5, 5.41) is 3.54. The van der Waals surface area contributed by atoms with E-state index in [0.29, 0.717) is 12.1 Å². The van der Waals surface area contributed by atoms with Gasteiger partial charge in [0.25, 0.3) is 0 Å². The van der Waals surface area contributed by atoms with Crippen LogP contribution >= 0.6 is 0 Å². The van der Waals surface area contributed by atoms with Gasteiger partial charge in [-0.3, -0.25) is 4.98 Å². The van der Waals surface area contributed by atoms with Gasteiger partial charge in [-0.05, 0) is 50.3 Å². The van der Waals surface area contributed by atoms with Gasteiger partial charge in [0, 0.05) is 18.8 Å². The van der Waals surface area contributed by atoms with Crippen LogP contribution in [-0.2, 0) is 4.74 Å². The third-order valence-electron chi connectivity index (χ3n) is 3.87. The van der Waals surface area contributed by atoms with E-state index in [-0.39, 0.29) is 0 Å². The van der Waals surface area contributed by atoms with Crippen LogP contribution in [0.4, 0.5) is 0 Å². The number of rotatable bonds is 7. The summed E-state index contributed by atoms with van der Waals surface area (Å²) in [6.45, 7) is 4.02. The zero-order chi connectivity index (χ0) is 14.2. The van der Waals surface area contributed by atoms with E-state index in [0.717, 1.165) is 31.7 Å². The van der Waals surface area contributed by atoms with Gasteiger partial charge in [-0.25, -0.2) is 0 Å². The lowest BCUT2D eigenvalue weighted by molar-refractivity contribution is 0.00856. The Bertz CT molecular complexity index is 392. The lowest BCUT2D eigenvalue weighted by Crippen LogP contribution is -2.25. The molecular weight excluding hydrogens is 252 g/mol. The summed E-state index contributed by atoms with van der Waals surface area (Å²) in [4.78, 5) is 4.26. The highest BCUT2D eigenvalue weighted by Crippen LogP contribution is 2.25. The summed E-state index contributed by atoms with van der Waals surface area (Å²) >= 11 is 0. The lowest BCUT2D eigenvalue weighted by Gasteiger charge is -2.25. The van der Waals surface area contributed by atoms with E-state index in [1.54, 1.807) is 13.3 Å². The Morgan fingerprint density at radius 1 is 1.45 bits per heavy atom. The normalized spacial score (nSPS) is 20.6. The highest BCUT2D eigenvalue weighted by Gasteiger charge is 2.18. The van der Waals surface area contributed by atoms with Gasteiger partial charge in [-0.1, -0.05) is 6.92 Å². The molecule has 4 heteroatoms. The maximum atomic E-state index is 5.82. The summed E-state index contributed by atoms with van der Waals surface area (Å²) in [6, 6.07) is 2.40. The second-order valence-electron chi connectivity index (χ2n) is 5.33. The maximum absolute atomic E-state index is 5.82. The van der Waals surface area contributed by atoms with Gasteiger partial charge < -0.3 is 14.8 Å². The van der Waals surface area contributed by atoms with E-state index in [1.165, 1.54) is 24.8 Å². The molecular formula is C16H26N2O2. The quantitative estimate of drug-likeness (QED) is 0.832. The van der Waals surface area contributed by atoms with Gasteiger partial charge in [-0.2, -0.15) is 0 Å². The molecule has 2 heterocycles. The van der Waals surface area contributed by atoms with Crippen molar-refractivity contribution in [3.63, 3.8) is 0 Å². The first-order valence-corrected chi connectivity index (χ1v) is 7.67. The van der Waals surface area contributed by atoms with Crippen molar-refractivity contribution in [2.45, 2.75) is 51.2 Å². The van der Waals surface area contributed by atoms with E-state index in [2.05, 4.69) is 23.3 Å². The van der Waals surface area contributed by atoms with Crippen molar-refractivity contribution in [3.05, 3.63) is 24.0 Å². The minimum absolute atomic E-state index is 0.327. The van der Waals surface area contributed by atoms with Crippen LogP contribution in [0.1, 0.15) is 50.6 Å². The number of pyridine rings is 1. The first-order valence-electron chi connectivity index (χ1n) is 7.67. The van der Waals surface area contributed by atoms with Crippen molar-refractivity contribution >= 4 is 0 Å². The van der Waals surface area contributed by atoms with E-state index in [9.17, 15) is 0 Å². The SMILES string of the molecule is CCNC(CCC1CCCCO1)c1cncc(OC)c1. The molecule has 0 bridgehead atoms. The summed E-state index contributed by atoms with van der Waals surface area (Å²) in [5.41, 5.74) is 1.20. The van der Waals surface area contributed by atoms with Crippen LogP contribution in [0.15, 0.2) is 18.5 Å². The molecule has 2 atom stereocenters. The van der Waals surface area contributed by atoms with E-state index in [4.69, 9.17) is 9.47 Å². The number of hydrogen-bond acceptors (Lipinski definition) is 4. The Balaban J connectivity index is 1.94. The zero-order valence-electron chi connectivity index (χ0n) is 12.6. The molecule has 20 heavy (non-hydrogen) atoms. The highest BCUT2D eigenvalue weighted by atomic mass is 16.5. The van der Waals surface area contributed by atoms with Crippen LogP contribution < -0.4 is 10.1 Å². The molecule has 0 aromatic carbocycles. The van der Waals surface area contributed by atoms with Crippen LogP contribution in [0.25, 0.3) is 0 Å². The largest absolute Gasteiger partial charge is 0.495 e. The summed E-state index contributed by atoms with van der Waals surface area (Å²) in [5.74, 6) is 0.819. The molecule has 1 fully saturated rings. The third kappa shape index (κ3) is 4.46. The fourth-order valence-corrected chi connectivity index (χ4v) is 2.76. The molecule has 1 N–H and O–H groups in total. The van der Waals surface area contributed by atoms with Crippen LogP contribution in [-0.4, -0.2) is 31.3 Å². The van der Waals surface area contributed by atoms with E-state index >= 15 is 0 Å². The predicted octanol–water partition coefficient (Wildman–Crippen LogP) is 3.09. The standard InChI is InChI=1S/C16H26N2O2/c1-3-18-16(8-7-14-6-4-5-9-20-14)13-10-15(19-2)12-17-11-13/h10-12,14,16,18H,3-9H2,1-2H3. The maximum Gasteiger partial charge on any atom is 0.137 e. The highest BCUT2D eigenvalue weighted by molar-refractivity contribution is 5.25. The summed E-state index contributed by atoms with van der Waals surface area (Å²) in [6.07, 6.45) is 10.0. The van der Waals surface area contributed by atoms with Crippen molar-refractivity contribution in [2.24, 2.45) is 0 Å². The van der Waals surface area contributed by atoms with Crippen LogP contribution in [0.2, 0.25) is 0 Å². The molecule has 2 rings (SSSR count). The average molecular weight is 278 g/mol. The average Bonchev–Trinajstić information content (AvgIpc) is 2.52. The van der Waals surface area contributed by atoms with Gasteiger partial charge in [0.1, 0.15) is 5.75 Å². The second-order valence-corrected chi connectivity index (χ2v) is 5.33. The number of ether oxygens (including phenoxy) is 2. The Morgan fingerprint density at radius 3 is 3.05 bits per heavy atom. The molecule has 0 aliphatic carbocycles. The van der Waals surface area contributed by atoms with Gasteiger partial charge >= 0.3 is 0 Å². The molecule has 0 saturated carbocycles. The number of nitrogens with one attached hydrogen (secondary N) is 1. The summed E-state index contributed by atoms with van der Waals surface area (Å²) in [7, 11) is 1.68. The predicted molar refractivity (Wildman–Crippen MR) is 80.0 cm³/mol. The van der Waals surface area contributed by atoms with Gasteiger partial charge in [0.15, 0.2) is 0 Å². The third-order valence-corrected chi connectivity index (χ3v) is 3.87. The topological polar surface area (TPSA) is 43.4 Å². The molecule has 0 spiro atoms. The smallest absolute Gasteiger partial charge is 0.137 e. The molecule has 1 aliphatic rings. The Labute approximate surface area is 121 Å². The minimum atomic E-state index is 0.327. The van der Waals surface area contributed by atoms with Crippen LogP contribution in [0.5, 0.6) is 5.75 Å². The molecule has 112 valence electrons. The second kappa shape index (κ2) is 8.22. The molecule has 1 aromatic heterocycles. The van der Waals surface area contributed by atoms with Crippen LogP contribution in [0.3, 0.4) is 0 Å². The first-order chi connectivity index (χ1) is 9.83. The molecule has 1 aromatic rings. The van der Waals surface area contributed by atoms with Gasteiger partial charge in [0.2, 0.25) is 0 Å². The number of hydrogen-bond donors (Lipinski definition) is 1. The van der Waals surface area contributed by atoms with Crippen molar-refractivity contribution in [1.82, 2.24) is 10.3 Å². The van der Waals surface area contributed by atoms with Crippen molar-refractivity contribution in [1.29, 1.82) is 0 Å². The Hall–Kier alpha value is -1.13. The molecule has 1 saturated heterocycles. The number of nitrogens with zero attached hydrogens (tertiary/aromatic N) is 1. The summed E-state index contributed by atoms with van der Waals surface area (Å²) < 4.78 is 11.1. The Morgan fingerprint density at radius 2 is 2.35 bits per heavy atom. The van der Waals surface area contributed by atoms with E-state index < -0.39 is 0 Å². The van der Waals surface area contributed by atoms with Crippen molar-refractivity contribution < 1.29 is 9.47 Å². The van der Waals surface area contributed by atoms with Crippen molar-refractivity contribution in [2.75, 3.05) is 20.3 Å². The zero-order valence-corrected chi connectivity index (χ0v) is 12.6. The van der Waals surface area contributed by atoms with Gasteiger partial charge in [-0.15, -0.1) is 0 Å². The first kappa shape index (κ1) is 15.3. The monoisotopic (exact) mass is 278 g/mol. The van der Waals surface area contributed by atoms with Gasteiger partial charge in [0.05, 0.1) is 19.4 Å². The van der Waals surface area contributed by atoms with Crippen LogP contribution in [0, 0.1) is 0 Å². The molecule has 4 nitrogen and oxygen atoms in total. The number of aromatic nitrogens is 1. The minimum Gasteiger partial charge on any atom is -0.495 e. The van der Waals surface area contributed by atoms with Crippen molar-refractivity contribution in [3.8, 4) is 5.75 Å². The Kier molecular flexibility index (Phi) is 6.27. The van der Waals surface area contributed by atoms with E-state index in [1.807, 2.05) is 6.20 Å². The molecule has 2 unspecified atom stereocenters. The molecule has 0 radical (unpaired) electrons. The number of methoxy groups -OCH3 is 1. The molecule has 0 amide bonds. The fraction of sp³-hybridized carbons (Fsp3) is 0.688. The molecule has 1 aliphatic heterocycles.